The van der Waals surface area contributed by atoms with Crippen molar-refractivity contribution in [3.63, 3.8) is 0 Å². The fourth-order valence-electron chi connectivity index (χ4n) is 5.54. The molecule has 1 aliphatic carbocycles. The van der Waals surface area contributed by atoms with Gasteiger partial charge in [0.1, 0.15) is 11.2 Å². The summed E-state index contributed by atoms with van der Waals surface area (Å²) in [6.07, 6.45) is 1.69. The lowest BCUT2D eigenvalue weighted by Crippen LogP contribution is -2.37. The first kappa shape index (κ1) is 26.2. The highest BCUT2D eigenvalue weighted by Gasteiger charge is 2.46. The van der Waals surface area contributed by atoms with Gasteiger partial charge in [-0.2, -0.15) is 0 Å². The van der Waals surface area contributed by atoms with E-state index in [1.807, 2.05) is 31.2 Å². The molecule has 39 heavy (non-hydrogen) atoms. The molecule has 4 aromatic rings. The summed E-state index contributed by atoms with van der Waals surface area (Å²) in [6.45, 7) is 1.92. The summed E-state index contributed by atoms with van der Waals surface area (Å²) in [5.74, 6) is -0.141. The molecule has 0 spiro atoms. The normalized spacial score (nSPS) is 14.5. The molecule has 0 unspecified atom stereocenters. The number of carbonyl (C=O) groups is 2. The van der Waals surface area contributed by atoms with Gasteiger partial charge in [-0.15, -0.1) is 10.2 Å². The van der Waals surface area contributed by atoms with E-state index in [1.54, 1.807) is 38.4 Å². The number of fused-ring (bicyclic) bond motifs is 2. The number of aromatic nitrogens is 2. The third-order valence-electron chi connectivity index (χ3n) is 7.28. The van der Waals surface area contributed by atoms with E-state index in [0.717, 1.165) is 22.3 Å². The summed E-state index contributed by atoms with van der Waals surface area (Å²) in [7, 11) is 3.19. The number of benzene rings is 3. The van der Waals surface area contributed by atoms with Crippen LogP contribution in [0.1, 0.15) is 62.2 Å². The summed E-state index contributed by atoms with van der Waals surface area (Å²) in [5.41, 5.74) is 10.9. The van der Waals surface area contributed by atoms with Gasteiger partial charge >= 0.3 is 0 Å². The van der Waals surface area contributed by atoms with E-state index >= 15 is 0 Å². The van der Waals surface area contributed by atoms with E-state index in [-0.39, 0.29) is 29.6 Å². The zero-order valence-electron chi connectivity index (χ0n) is 22.0. The lowest BCUT2D eigenvalue weighted by Gasteiger charge is -2.35. The number of rotatable bonds is 6. The van der Waals surface area contributed by atoms with Gasteiger partial charge in [-0.05, 0) is 97.0 Å². The van der Waals surface area contributed by atoms with Crippen LogP contribution in [0.25, 0.3) is 11.5 Å². The van der Waals surface area contributed by atoms with Crippen molar-refractivity contribution in [1.29, 1.82) is 0 Å². The molecule has 0 radical (unpaired) electrons. The molecular formula is C30H30FN5O3. The Morgan fingerprint density at radius 3 is 1.95 bits per heavy atom. The van der Waals surface area contributed by atoms with Crippen LogP contribution in [0.5, 0.6) is 0 Å². The molecule has 5 rings (SSSR count). The van der Waals surface area contributed by atoms with Gasteiger partial charge in [-0.1, -0.05) is 12.1 Å². The van der Waals surface area contributed by atoms with Crippen molar-refractivity contribution in [2.75, 3.05) is 14.1 Å². The van der Waals surface area contributed by atoms with Crippen molar-refractivity contribution in [3.8, 4) is 11.5 Å². The van der Waals surface area contributed by atoms with E-state index in [2.05, 4.69) is 20.8 Å². The number of nitrogens with zero attached hydrogens (tertiary/aromatic N) is 2. The fourth-order valence-corrected chi connectivity index (χ4v) is 5.54. The van der Waals surface area contributed by atoms with E-state index in [1.165, 1.54) is 12.1 Å². The van der Waals surface area contributed by atoms with E-state index in [9.17, 15) is 14.0 Å². The maximum Gasteiger partial charge on any atom is 0.251 e. The second-order valence-electron chi connectivity index (χ2n) is 9.91. The number of hydrogen-bond donors (Lipinski definition) is 3. The van der Waals surface area contributed by atoms with Gasteiger partial charge in [0.25, 0.3) is 11.8 Å². The van der Waals surface area contributed by atoms with Gasteiger partial charge in [-0.25, -0.2) is 4.39 Å². The summed E-state index contributed by atoms with van der Waals surface area (Å²) in [4.78, 5) is 25.0. The lowest BCUT2D eigenvalue weighted by molar-refractivity contribution is 0.0955. The molecule has 1 aliphatic rings. The van der Waals surface area contributed by atoms with Crippen LogP contribution in [0.2, 0.25) is 0 Å². The van der Waals surface area contributed by atoms with Gasteiger partial charge < -0.3 is 20.8 Å². The van der Waals surface area contributed by atoms with Crippen LogP contribution in [0.15, 0.2) is 65.1 Å². The van der Waals surface area contributed by atoms with E-state index < -0.39 is 5.41 Å². The average Bonchev–Trinajstić information content (AvgIpc) is 3.40. The molecule has 1 heterocycles. The first-order valence-electron chi connectivity index (χ1n) is 12.8. The van der Waals surface area contributed by atoms with Crippen molar-refractivity contribution in [1.82, 2.24) is 20.8 Å². The van der Waals surface area contributed by atoms with Crippen LogP contribution in [0.4, 0.5) is 4.39 Å². The standard InChI is InChI=1S/C30H30FN5O3/c1-17(32)16-30(29-36-35-28(39-29)18-6-10-23(31)11-7-18)24-12-8-21(26(37)33-2)14-19(24)4-5-20-15-22(27(38)34-3)9-13-25(20)30/h6-15,17H,4-5,16,32H2,1-3H3,(H,33,37)(H,34,38)/t17-/m0/s1. The van der Waals surface area contributed by atoms with Crippen molar-refractivity contribution >= 4 is 11.8 Å². The zero-order valence-corrected chi connectivity index (χ0v) is 22.0. The highest BCUT2D eigenvalue weighted by Crippen LogP contribution is 2.48. The predicted octanol–water partition coefficient (Wildman–Crippen LogP) is 3.77. The lowest BCUT2D eigenvalue weighted by atomic mass is 9.68. The van der Waals surface area contributed by atoms with Gasteiger partial charge in [0.2, 0.25) is 11.8 Å². The molecule has 0 aliphatic heterocycles. The highest BCUT2D eigenvalue weighted by atomic mass is 19.1. The Bertz CT molecular complexity index is 1480. The van der Waals surface area contributed by atoms with Crippen LogP contribution in [-0.2, 0) is 18.3 Å². The van der Waals surface area contributed by atoms with Crippen LogP contribution >= 0.6 is 0 Å². The molecule has 9 heteroatoms. The smallest absolute Gasteiger partial charge is 0.251 e. The second-order valence-corrected chi connectivity index (χ2v) is 9.91. The van der Waals surface area contributed by atoms with E-state index in [4.69, 9.17) is 10.2 Å². The Morgan fingerprint density at radius 2 is 1.46 bits per heavy atom. The molecule has 0 saturated heterocycles. The SMILES string of the molecule is CNC(=O)c1ccc2c(c1)CCc1cc(C(=O)NC)ccc1C2(C[C@H](C)N)c1nnc(-c2ccc(F)cc2)o1. The van der Waals surface area contributed by atoms with E-state index in [0.29, 0.717) is 41.8 Å². The molecule has 200 valence electrons. The molecule has 0 fully saturated rings. The minimum atomic E-state index is -0.955. The zero-order chi connectivity index (χ0) is 27.7. The van der Waals surface area contributed by atoms with Crippen LogP contribution < -0.4 is 16.4 Å². The minimum absolute atomic E-state index is 0.185. The molecule has 0 saturated carbocycles. The number of hydrogen-bond acceptors (Lipinski definition) is 6. The van der Waals surface area contributed by atoms with Crippen molar-refractivity contribution < 1.29 is 18.4 Å². The molecule has 3 aromatic carbocycles. The number of nitrogens with one attached hydrogen (secondary N) is 2. The van der Waals surface area contributed by atoms with Crippen molar-refractivity contribution in [3.05, 3.63) is 106 Å². The quantitative estimate of drug-likeness (QED) is 0.351. The summed E-state index contributed by atoms with van der Waals surface area (Å²) in [5, 5.41) is 14.2. The summed E-state index contributed by atoms with van der Waals surface area (Å²) >= 11 is 0. The third kappa shape index (κ3) is 4.70. The first-order chi connectivity index (χ1) is 18.8. The average molecular weight is 528 g/mol. The number of carbonyl (C=O) groups excluding carboxylic acids is 2. The van der Waals surface area contributed by atoms with Crippen LogP contribution in [0, 0.1) is 5.82 Å². The maximum atomic E-state index is 13.6. The van der Waals surface area contributed by atoms with Crippen LogP contribution in [0.3, 0.4) is 0 Å². The largest absolute Gasteiger partial charge is 0.419 e. The summed E-state index contributed by atoms with van der Waals surface area (Å²) in [6, 6.07) is 16.8. The van der Waals surface area contributed by atoms with Crippen LogP contribution in [-0.4, -0.2) is 42.1 Å². The molecule has 8 nitrogen and oxygen atoms in total. The molecule has 4 N–H and O–H groups in total. The molecule has 2 amide bonds. The van der Waals surface area contributed by atoms with Gasteiger partial charge in [0, 0.05) is 36.8 Å². The number of halogens is 1. The number of aryl methyl sites for hydroxylation is 2. The maximum absolute atomic E-state index is 13.6. The highest BCUT2D eigenvalue weighted by molar-refractivity contribution is 5.95. The van der Waals surface area contributed by atoms with Crippen molar-refractivity contribution in [2.45, 2.75) is 37.6 Å². The second kappa shape index (κ2) is 10.4. The summed E-state index contributed by atoms with van der Waals surface area (Å²) < 4.78 is 19.9. The third-order valence-corrected chi connectivity index (χ3v) is 7.28. The van der Waals surface area contributed by atoms with Crippen molar-refractivity contribution in [2.24, 2.45) is 5.73 Å². The predicted molar refractivity (Wildman–Crippen MR) is 145 cm³/mol. The Kier molecular flexibility index (Phi) is 7.01. The fraction of sp³-hybridized carbons (Fsp3) is 0.267. The topological polar surface area (TPSA) is 123 Å². The molecule has 0 bridgehead atoms. The Balaban J connectivity index is 1.79. The number of amides is 2. The Hall–Kier alpha value is -4.37. The first-order valence-corrected chi connectivity index (χ1v) is 12.8. The Labute approximate surface area is 225 Å². The Morgan fingerprint density at radius 1 is 0.923 bits per heavy atom. The van der Waals surface area contributed by atoms with Gasteiger partial charge in [0.05, 0.1) is 0 Å². The molecular weight excluding hydrogens is 497 g/mol. The number of nitrogens with two attached hydrogens (primary N) is 1. The van der Waals surface area contributed by atoms with Gasteiger partial charge in [-0.3, -0.25) is 9.59 Å². The minimum Gasteiger partial charge on any atom is -0.419 e. The molecule has 1 aromatic heterocycles. The van der Waals surface area contributed by atoms with Gasteiger partial charge in [0.15, 0.2) is 0 Å². The monoisotopic (exact) mass is 527 g/mol. The molecule has 1 atom stereocenters.